The molecule has 2 aliphatic rings. The summed E-state index contributed by atoms with van der Waals surface area (Å²) in [6.07, 6.45) is 2.35. The number of piperidine rings is 1. The Bertz CT molecular complexity index is 843. The van der Waals surface area contributed by atoms with Crippen molar-refractivity contribution in [1.82, 2.24) is 4.90 Å². The minimum atomic E-state index is -0.00966. The fraction of sp³-hybridized carbons (Fsp3) is 0.333. The van der Waals surface area contributed by atoms with Gasteiger partial charge in [0.05, 0.1) is 0 Å². The average molecular weight is 369 g/mol. The van der Waals surface area contributed by atoms with E-state index in [2.05, 4.69) is 6.07 Å². The lowest BCUT2D eigenvalue weighted by atomic mass is 9.94. The Balaban J connectivity index is 1.39. The van der Waals surface area contributed by atoms with Crippen LogP contribution in [0.5, 0.6) is 0 Å². The molecule has 2 aromatic carbocycles. The van der Waals surface area contributed by atoms with Crippen molar-refractivity contribution in [1.29, 1.82) is 0 Å². The highest BCUT2D eigenvalue weighted by Crippen LogP contribution is 2.31. The number of hydrogen-bond acceptors (Lipinski definition) is 2. The molecule has 1 saturated heterocycles. The summed E-state index contributed by atoms with van der Waals surface area (Å²) in [5, 5.41) is 0.564. The van der Waals surface area contributed by atoms with Crippen molar-refractivity contribution in [3.63, 3.8) is 0 Å². The summed E-state index contributed by atoms with van der Waals surface area (Å²) in [5.41, 5.74) is 2.90. The van der Waals surface area contributed by atoms with Crippen LogP contribution in [0, 0.1) is 5.92 Å². The van der Waals surface area contributed by atoms with Crippen molar-refractivity contribution < 1.29 is 9.59 Å². The van der Waals surface area contributed by atoms with Crippen LogP contribution in [0.25, 0.3) is 0 Å². The first-order valence-corrected chi connectivity index (χ1v) is 9.45. The van der Waals surface area contributed by atoms with E-state index in [1.165, 1.54) is 5.56 Å². The molecule has 26 heavy (non-hydrogen) atoms. The third-order valence-corrected chi connectivity index (χ3v) is 5.59. The van der Waals surface area contributed by atoms with Gasteiger partial charge in [-0.1, -0.05) is 35.9 Å². The minimum absolute atomic E-state index is 0.00934. The number of benzene rings is 2. The minimum Gasteiger partial charge on any atom is -0.339 e. The Hall–Kier alpha value is -2.33. The molecule has 2 aromatic rings. The van der Waals surface area contributed by atoms with E-state index in [9.17, 15) is 9.59 Å². The van der Waals surface area contributed by atoms with Crippen LogP contribution < -0.4 is 4.90 Å². The van der Waals surface area contributed by atoms with Crippen LogP contribution in [-0.2, 0) is 11.2 Å². The summed E-state index contributed by atoms with van der Waals surface area (Å²) in [7, 11) is 0. The van der Waals surface area contributed by atoms with Crippen LogP contribution in [0.3, 0.4) is 0 Å². The van der Waals surface area contributed by atoms with Crippen LogP contribution in [0.2, 0.25) is 5.02 Å². The number of nitrogens with zero attached hydrogens (tertiary/aromatic N) is 2. The standard InChI is InChI=1S/C21H21ClN2O2/c22-18-6-3-5-17(14-18)20(25)23-11-8-16(9-12-23)21(26)24-13-10-15-4-1-2-7-19(15)24/h1-7,14,16H,8-13H2. The maximum absolute atomic E-state index is 13.0. The lowest BCUT2D eigenvalue weighted by molar-refractivity contribution is -0.123. The normalized spacial score (nSPS) is 17.3. The zero-order valence-corrected chi connectivity index (χ0v) is 15.3. The largest absolute Gasteiger partial charge is 0.339 e. The number of amides is 2. The molecular formula is C21H21ClN2O2. The molecule has 0 aromatic heterocycles. The Kier molecular flexibility index (Phi) is 4.68. The lowest BCUT2D eigenvalue weighted by Gasteiger charge is -2.33. The summed E-state index contributed by atoms with van der Waals surface area (Å²) in [6, 6.07) is 15.2. The fourth-order valence-electron chi connectivity index (χ4n) is 3.92. The average Bonchev–Trinajstić information content (AvgIpc) is 3.11. The highest BCUT2D eigenvalue weighted by atomic mass is 35.5. The van der Waals surface area contributed by atoms with E-state index < -0.39 is 0 Å². The van der Waals surface area contributed by atoms with Crippen molar-refractivity contribution in [2.75, 3.05) is 24.5 Å². The number of halogens is 1. The summed E-state index contributed by atoms with van der Waals surface area (Å²) in [4.78, 5) is 29.3. The van der Waals surface area contributed by atoms with Crippen molar-refractivity contribution >= 4 is 29.1 Å². The van der Waals surface area contributed by atoms with Gasteiger partial charge in [0.1, 0.15) is 0 Å². The van der Waals surface area contributed by atoms with Crippen molar-refractivity contribution in [2.45, 2.75) is 19.3 Å². The van der Waals surface area contributed by atoms with Crippen molar-refractivity contribution in [2.24, 2.45) is 5.92 Å². The maximum Gasteiger partial charge on any atom is 0.253 e. The number of fused-ring (bicyclic) bond motifs is 1. The monoisotopic (exact) mass is 368 g/mol. The Labute approximate surface area is 158 Å². The number of para-hydroxylation sites is 1. The molecule has 0 unspecified atom stereocenters. The van der Waals surface area contributed by atoms with Gasteiger partial charge in [-0.3, -0.25) is 9.59 Å². The topological polar surface area (TPSA) is 40.6 Å². The maximum atomic E-state index is 13.0. The van der Waals surface area contributed by atoms with Gasteiger partial charge in [0.25, 0.3) is 5.91 Å². The molecule has 0 atom stereocenters. The van der Waals surface area contributed by atoms with Gasteiger partial charge in [-0.25, -0.2) is 0 Å². The van der Waals surface area contributed by atoms with Crippen LogP contribution in [0.1, 0.15) is 28.8 Å². The summed E-state index contributed by atoms with van der Waals surface area (Å²) < 4.78 is 0. The molecule has 4 nitrogen and oxygen atoms in total. The predicted molar refractivity (Wildman–Crippen MR) is 103 cm³/mol. The molecule has 0 radical (unpaired) electrons. The number of hydrogen-bond donors (Lipinski definition) is 0. The molecule has 4 rings (SSSR count). The van der Waals surface area contributed by atoms with Gasteiger partial charge >= 0.3 is 0 Å². The van der Waals surface area contributed by atoms with E-state index in [1.807, 2.05) is 28.0 Å². The third-order valence-electron chi connectivity index (χ3n) is 5.36. The van der Waals surface area contributed by atoms with E-state index in [1.54, 1.807) is 24.3 Å². The second kappa shape index (κ2) is 7.12. The Morgan fingerprint density at radius 2 is 1.73 bits per heavy atom. The molecule has 2 heterocycles. The van der Waals surface area contributed by atoms with E-state index in [-0.39, 0.29) is 17.7 Å². The lowest BCUT2D eigenvalue weighted by Crippen LogP contribution is -2.44. The smallest absolute Gasteiger partial charge is 0.253 e. The molecule has 0 spiro atoms. The Morgan fingerprint density at radius 3 is 2.50 bits per heavy atom. The fourth-order valence-corrected chi connectivity index (χ4v) is 4.11. The predicted octanol–water partition coefficient (Wildman–Crippen LogP) is 3.78. The molecule has 0 saturated carbocycles. The summed E-state index contributed by atoms with van der Waals surface area (Å²) in [5.74, 6) is 0.180. The van der Waals surface area contributed by atoms with Gasteiger partial charge in [0.15, 0.2) is 0 Å². The molecule has 0 aliphatic carbocycles. The zero-order valence-electron chi connectivity index (χ0n) is 14.5. The molecule has 2 aliphatic heterocycles. The van der Waals surface area contributed by atoms with Gasteiger partial charge in [-0.15, -0.1) is 0 Å². The molecule has 0 N–H and O–H groups in total. The molecule has 134 valence electrons. The summed E-state index contributed by atoms with van der Waals surface area (Å²) >= 11 is 5.99. The van der Waals surface area contributed by atoms with Crippen LogP contribution in [0.4, 0.5) is 5.69 Å². The number of rotatable bonds is 2. The molecule has 1 fully saturated rings. The van der Waals surface area contributed by atoms with E-state index in [0.29, 0.717) is 36.5 Å². The van der Waals surface area contributed by atoms with Crippen molar-refractivity contribution in [3.05, 3.63) is 64.7 Å². The number of carbonyl (C=O) groups is 2. The highest BCUT2D eigenvalue weighted by molar-refractivity contribution is 6.30. The van der Waals surface area contributed by atoms with E-state index in [4.69, 9.17) is 11.6 Å². The van der Waals surface area contributed by atoms with Crippen molar-refractivity contribution in [3.8, 4) is 0 Å². The number of carbonyl (C=O) groups excluding carboxylic acids is 2. The van der Waals surface area contributed by atoms with E-state index in [0.717, 1.165) is 18.7 Å². The first-order valence-electron chi connectivity index (χ1n) is 9.07. The zero-order chi connectivity index (χ0) is 18.1. The molecular weight excluding hydrogens is 348 g/mol. The molecule has 5 heteroatoms. The van der Waals surface area contributed by atoms with Crippen LogP contribution in [0.15, 0.2) is 48.5 Å². The second-order valence-electron chi connectivity index (χ2n) is 6.95. The number of anilines is 1. The van der Waals surface area contributed by atoms with Gasteiger partial charge in [0.2, 0.25) is 5.91 Å². The van der Waals surface area contributed by atoms with Crippen LogP contribution >= 0.6 is 11.6 Å². The first kappa shape index (κ1) is 17.1. The third kappa shape index (κ3) is 3.21. The first-order chi connectivity index (χ1) is 12.6. The number of likely N-dealkylation sites (tertiary alicyclic amines) is 1. The van der Waals surface area contributed by atoms with Gasteiger partial charge in [0, 0.05) is 41.8 Å². The highest BCUT2D eigenvalue weighted by Gasteiger charge is 2.33. The quantitative estimate of drug-likeness (QED) is 0.809. The summed E-state index contributed by atoms with van der Waals surface area (Å²) in [6.45, 7) is 1.98. The van der Waals surface area contributed by atoms with Gasteiger partial charge in [-0.05, 0) is 49.1 Å². The van der Waals surface area contributed by atoms with Gasteiger partial charge < -0.3 is 9.80 Å². The molecule has 2 amide bonds. The Morgan fingerprint density at radius 1 is 0.962 bits per heavy atom. The molecule has 0 bridgehead atoms. The van der Waals surface area contributed by atoms with Crippen LogP contribution in [-0.4, -0.2) is 36.3 Å². The van der Waals surface area contributed by atoms with E-state index >= 15 is 0 Å². The second-order valence-corrected chi connectivity index (χ2v) is 7.38. The SMILES string of the molecule is O=C(c1cccc(Cl)c1)N1CCC(C(=O)N2CCc3ccccc32)CC1. The van der Waals surface area contributed by atoms with Gasteiger partial charge in [-0.2, -0.15) is 0 Å².